The van der Waals surface area contributed by atoms with Crippen LogP contribution in [0.4, 0.5) is 11.4 Å². The Morgan fingerprint density at radius 1 is 1.26 bits per heavy atom. The first kappa shape index (κ1) is 12.5. The number of hydrogen-bond donors (Lipinski definition) is 2. The molecule has 0 saturated heterocycles. The summed E-state index contributed by atoms with van der Waals surface area (Å²) in [5.74, 6) is 0.160. The predicted molar refractivity (Wildman–Crippen MR) is 75.4 cm³/mol. The third-order valence-electron chi connectivity index (χ3n) is 4.22. The maximum Gasteiger partial charge on any atom is 0.231 e. The number of nitrogens with one attached hydrogen (secondary N) is 1. The molecular weight excluding hydrogens is 240 g/mol. The zero-order valence-corrected chi connectivity index (χ0v) is 11.2. The molecule has 1 aliphatic heterocycles. The Morgan fingerprint density at radius 2 is 2.00 bits per heavy atom. The predicted octanol–water partition coefficient (Wildman–Crippen LogP) is 1.92. The third-order valence-corrected chi connectivity index (χ3v) is 4.22. The molecule has 0 atom stereocenters. The number of fused-ring (bicyclic) bond motifs is 1. The number of amides is 1. The topological polar surface area (TPSA) is 52.6 Å². The van der Waals surface area contributed by atoms with Crippen LogP contribution in [0.3, 0.4) is 0 Å². The fourth-order valence-corrected chi connectivity index (χ4v) is 3.02. The molecule has 3 rings (SSSR count). The molecule has 1 aromatic carbocycles. The molecule has 1 saturated carbocycles. The molecule has 0 spiro atoms. The van der Waals surface area contributed by atoms with Gasteiger partial charge in [-0.2, -0.15) is 0 Å². The van der Waals surface area contributed by atoms with Crippen LogP contribution < -0.4 is 10.2 Å². The SMILES string of the molecule is CN1C(=O)Cc2cc(NC3CCC(O)CC3)ccc21. The Labute approximate surface area is 113 Å². The van der Waals surface area contributed by atoms with Crippen molar-refractivity contribution in [2.24, 2.45) is 0 Å². The highest BCUT2D eigenvalue weighted by molar-refractivity contribution is 6.01. The van der Waals surface area contributed by atoms with Crippen LogP contribution in [0, 0.1) is 0 Å². The Bertz CT molecular complexity index is 493. The van der Waals surface area contributed by atoms with Crippen LogP contribution in [0.2, 0.25) is 0 Å². The highest BCUT2D eigenvalue weighted by atomic mass is 16.3. The van der Waals surface area contributed by atoms with Gasteiger partial charge in [0.05, 0.1) is 12.5 Å². The van der Waals surface area contributed by atoms with Crippen LogP contribution in [0.5, 0.6) is 0 Å². The van der Waals surface area contributed by atoms with E-state index in [4.69, 9.17) is 0 Å². The van der Waals surface area contributed by atoms with Crippen LogP contribution in [-0.2, 0) is 11.2 Å². The normalized spacial score (nSPS) is 26.4. The summed E-state index contributed by atoms with van der Waals surface area (Å²) in [4.78, 5) is 13.4. The van der Waals surface area contributed by atoms with Crippen LogP contribution in [0.15, 0.2) is 18.2 Å². The number of aliphatic hydroxyl groups is 1. The van der Waals surface area contributed by atoms with Crippen molar-refractivity contribution in [3.63, 3.8) is 0 Å². The number of aliphatic hydroxyl groups excluding tert-OH is 1. The van der Waals surface area contributed by atoms with Crippen molar-refractivity contribution in [3.05, 3.63) is 23.8 Å². The second-order valence-electron chi connectivity index (χ2n) is 5.62. The lowest BCUT2D eigenvalue weighted by atomic mass is 9.93. The summed E-state index contributed by atoms with van der Waals surface area (Å²) in [6, 6.07) is 6.58. The van der Waals surface area contributed by atoms with Gasteiger partial charge in [0.15, 0.2) is 0 Å². The van der Waals surface area contributed by atoms with Crippen molar-refractivity contribution in [3.8, 4) is 0 Å². The van der Waals surface area contributed by atoms with E-state index in [1.165, 1.54) is 0 Å². The lowest BCUT2D eigenvalue weighted by molar-refractivity contribution is -0.117. The largest absolute Gasteiger partial charge is 0.393 e. The van der Waals surface area contributed by atoms with Crippen LogP contribution in [0.25, 0.3) is 0 Å². The van der Waals surface area contributed by atoms with Crippen molar-refractivity contribution >= 4 is 17.3 Å². The van der Waals surface area contributed by atoms with Crippen LogP contribution in [0.1, 0.15) is 31.2 Å². The molecule has 2 aliphatic rings. The Kier molecular flexibility index (Phi) is 3.19. The monoisotopic (exact) mass is 260 g/mol. The molecule has 102 valence electrons. The van der Waals surface area contributed by atoms with E-state index >= 15 is 0 Å². The van der Waals surface area contributed by atoms with E-state index in [0.29, 0.717) is 12.5 Å². The molecule has 1 aliphatic carbocycles. The van der Waals surface area contributed by atoms with Crippen molar-refractivity contribution in [1.29, 1.82) is 0 Å². The molecule has 4 nitrogen and oxygen atoms in total. The molecule has 4 heteroatoms. The van der Waals surface area contributed by atoms with Gasteiger partial charge in [-0.25, -0.2) is 0 Å². The highest BCUT2D eigenvalue weighted by Crippen LogP contribution is 2.31. The molecule has 19 heavy (non-hydrogen) atoms. The first-order valence-corrected chi connectivity index (χ1v) is 6.97. The van der Waals surface area contributed by atoms with Gasteiger partial charge in [-0.1, -0.05) is 0 Å². The number of benzene rings is 1. The molecule has 0 unspecified atom stereocenters. The molecule has 2 N–H and O–H groups in total. The maximum absolute atomic E-state index is 11.6. The van der Waals surface area contributed by atoms with E-state index in [-0.39, 0.29) is 12.0 Å². The average Bonchev–Trinajstić information content (AvgIpc) is 2.68. The van der Waals surface area contributed by atoms with E-state index in [1.54, 1.807) is 4.90 Å². The van der Waals surface area contributed by atoms with Gasteiger partial charge < -0.3 is 15.3 Å². The number of nitrogens with zero attached hydrogens (tertiary/aromatic N) is 1. The van der Waals surface area contributed by atoms with Crippen molar-refractivity contribution in [2.45, 2.75) is 44.2 Å². The molecule has 1 amide bonds. The number of carbonyl (C=O) groups excluding carboxylic acids is 1. The maximum atomic E-state index is 11.6. The number of hydrogen-bond acceptors (Lipinski definition) is 3. The summed E-state index contributed by atoms with van der Waals surface area (Å²) in [5, 5.41) is 13.0. The van der Waals surface area contributed by atoms with Gasteiger partial charge in [0.25, 0.3) is 0 Å². The van der Waals surface area contributed by atoms with E-state index in [9.17, 15) is 9.90 Å². The summed E-state index contributed by atoms with van der Waals surface area (Å²) in [6.07, 6.45) is 4.16. The van der Waals surface area contributed by atoms with E-state index in [2.05, 4.69) is 11.4 Å². The fourth-order valence-electron chi connectivity index (χ4n) is 3.02. The van der Waals surface area contributed by atoms with Crippen molar-refractivity contribution in [1.82, 2.24) is 0 Å². The third kappa shape index (κ3) is 2.45. The number of rotatable bonds is 2. The van der Waals surface area contributed by atoms with Gasteiger partial charge >= 0.3 is 0 Å². The lowest BCUT2D eigenvalue weighted by Crippen LogP contribution is -2.28. The Balaban J connectivity index is 1.70. The van der Waals surface area contributed by atoms with Crippen LogP contribution >= 0.6 is 0 Å². The molecule has 1 aromatic rings. The smallest absolute Gasteiger partial charge is 0.231 e. The fraction of sp³-hybridized carbons (Fsp3) is 0.533. The zero-order chi connectivity index (χ0) is 13.4. The second-order valence-corrected chi connectivity index (χ2v) is 5.62. The first-order chi connectivity index (χ1) is 9.13. The second kappa shape index (κ2) is 4.85. The highest BCUT2D eigenvalue weighted by Gasteiger charge is 2.24. The van der Waals surface area contributed by atoms with E-state index in [1.807, 2.05) is 19.2 Å². The molecule has 1 heterocycles. The standard InChI is InChI=1S/C15H20N2O2/c1-17-14-7-4-12(8-10(14)9-15(17)19)16-11-2-5-13(18)6-3-11/h4,7-8,11,13,16,18H,2-3,5-6,9H2,1H3. The number of anilines is 2. The Morgan fingerprint density at radius 3 is 2.74 bits per heavy atom. The summed E-state index contributed by atoms with van der Waals surface area (Å²) >= 11 is 0. The summed E-state index contributed by atoms with van der Waals surface area (Å²) in [5.41, 5.74) is 3.21. The molecule has 0 bridgehead atoms. The minimum atomic E-state index is -0.121. The van der Waals surface area contributed by atoms with Gasteiger partial charge in [-0.05, 0) is 49.4 Å². The quantitative estimate of drug-likeness (QED) is 0.854. The van der Waals surface area contributed by atoms with E-state index < -0.39 is 0 Å². The molecule has 1 fully saturated rings. The van der Waals surface area contributed by atoms with Gasteiger partial charge in [0.1, 0.15) is 0 Å². The minimum absolute atomic E-state index is 0.121. The molecule has 0 aromatic heterocycles. The Hall–Kier alpha value is -1.55. The lowest BCUT2D eigenvalue weighted by Gasteiger charge is -2.27. The summed E-state index contributed by atoms with van der Waals surface area (Å²) in [7, 11) is 1.82. The van der Waals surface area contributed by atoms with Crippen molar-refractivity contribution in [2.75, 3.05) is 17.3 Å². The number of likely N-dealkylation sites (N-methyl/N-ethyl adjacent to an activating group) is 1. The summed E-state index contributed by atoms with van der Waals surface area (Å²) in [6.45, 7) is 0. The minimum Gasteiger partial charge on any atom is -0.393 e. The van der Waals surface area contributed by atoms with Gasteiger partial charge in [-0.3, -0.25) is 4.79 Å². The average molecular weight is 260 g/mol. The van der Waals surface area contributed by atoms with Gasteiger partial charge in [0.2, 0.25) is 5.91 Å². The van der Waals surface area contributed by atoms with E-state index in [0.717, 1.165) is 42.6 Å². The van der Waals surface area contributed by atoms with Crippen LogP contribution in [-0.4, -0.2) is 30.2 Å². The van der Waals surface area contributed by atoms with Gasteiger partial charge in [-0.15, -0.1) is 0 Å². The molecular formula is C15H20N2O2. The first-order valence-electron chi connectivity index (χ1n) is 6.97. The number of carbonyl (C=O) groups is 1. The van der Waals surface area contributed by atoms with Gasteiger partial charge in [0, 0.05) is 24.5 Å². The summed E-state index contributed by atoms with van der Waals surface area (Å²) < 4.78 is 0. The van der Waals surface area contributed by atoms with Crippen molar-refractivity contribution < 1.29 is 9.90 Å². The molecule has 0 radical (unpaired) electrons. The zero-order valence-electron chi connectivity index (χ0n) is 11.2.